The Morgan fingerprint density at radius 1 is 1.20 bits per heavy atom. The minimum absolute atomic E-state index is 0.278. The maximum Gasteiger partial charge on any atom is 0.267 e. The van der Waals surface area contributed by atoms with Crippen molar-refractivity contribution in [2.45, 2.75) is 26.9 Å². The van der Waals surface area contributed by atoms with Crippen LogP contribution in [0.5, 0.6) is 5.75 Å². The maximum atomic E-state index is 13.9. The molecule has 0 saturated carbocycles. The van der Waals surface area contributed by atoms with E-state index in [4.69, 9.17) is 21.7 Å². The summed E-state index contributed by atoms with van der Waals surface area (Å²) in [6, 6.07) is 7.83. The molecule has 0 aliphatic rings. The average molecular weight is 424 g/mol. The van der Waals surface area contributed by atoms with Gasteiger partial charge in [0.2, 0.25) is 0 Å². The van der Waals surface area contributed by atoms with Crippen LogP contribution in [-0.2, 0) is 12.4 Å². The Morgan fingerprint density at radius 3 is 2.77 bits per heavy atom. The van der Waals surface area contributed by atoms with Gasteiger partial charge in [-0.3, -0.25) is 0 Å². The molecule has 0 aliphatic carbocycles. The number of nitrogens with one attached hydrogen (secondary N) is 1. The summed E-state index contributed by atoms with van der Waals surface area (Å²) in [5, 5.41) is 7.78. The minimum Gasteiger partial charge on any atom is -0.479 e. The predicted octanol–water partition coefficient (Wildman–Crippen LogP) is 5.01. The first-order valence-corrected chi connectivity index (χ1v) is 9.43. The molecule has 0 fully saturated rings. The smallest absolute Gasteiger partial charge is 0.267 e. The van der Waals surface area contributed by atoms with Crippen LogP contribution in [0.25, 0.3) is 10.9 Å². The third-order valence-electron chi connectivity index (χ3n) is 4.42. The number of anilines is 2. The van der Waals surface area contributed by atoms with Crippen LogP contribution < -0.4 is 10.1 Å². The Labute approximate surface area is 176 Å². The van der Waals surface area contributed by atoms with E-state index in [2.05, 4.69) is 29.8 Å². The van der Waals surface area contributed by atoms with Crippen LogP contribution in [0.1, 0.15) is 30.3 Å². The molecule has 4 aromatic rings. The lowest BCUT2D eigenvalue weighted by molar-refractivity contribution is 0.176. The Hall–Kier alpha value is -3.53. The highest BCUT2D eigenvalue weighted by Gasteiger charge is 2.18. The summed E-state index contributed by atoms with van der Waals surface area (Å²) in [5.41, 5.74) is 2.76. The van der Waals surface area contributed by atoms with Crippen molar-refractivity contribution in [3.63, 3.8) is 0 Å². The summed E-state index contributed by atoms with van der Waals surface area (Å²) in [4.78, 5) is 12.8. The van der Waals surface area contributed by atoms with Gasteiger partial charge in [-0.1, -0.05) is 5.16 Å². The van der Waals surface area contributed by atoms with E-state index in [1.165, 1.54) is 18.5 Å². The summed E-state index contributed by atoms with van der Waals surface area (Å²) in [6.07, 6.45) is 0.860. The second-order valence-electron chi connectivity index (χ2n) is 6.68. The molecule has 1 N–H and O–H groups in total. The van der Waals surface area contributed by atoms with Crippen LogP contribution in [0.2, 0.25) is 0 Å². The lowest BCUT2D eigenvalue weighted by Gasteiger charge is -2.17. The molecule has 0 radical (unpaired) electrons. The molecule has 0 amide bonds. The molecule has 10 heteroatoms. The van der Waals surface area contributed by atoms with Crippen molar-refractivity contribution in [2.75, 3.05) is 5.32 Å². The van der Waals surface area contributed by atoms with Gasteiger partial charge in [0.25, 0.3) is 5.89 Å². The zero-order valence-corrected chi connectivity index (χ0v) is 17.2. The Morgan fingerprint density at radius 2 is 2.03 bits per heavy atom. The molecule has 2 heterocycles. The van der Waals surface area contributed by atoms with Gasteiger partial charge in [0.05, 0.1) is 16.9 Å². The van der Waals surface area contributed by atoms with Crippen LogP contribution in [0.4, 0.5) is 21.6 Å². The van der Waals surface area contributed by atoms with Crippen molar-refractivity contribution in [3.05, 3.63) is 59.8 Å². The quantitative estimate of drug-likeness (QED) is 0.461. The molecule has 0 saturated heterocycles. The molecule has 8 nitrogen and oxygen atoms in total. The van der Waals surface area contributed by atoms with Crippen molar-refractivity contribution in [3.8, 4) is 5.75 Å². The zero-order chi connectivity index (χ0) is 21.3. The van der Waals surface area contributed by atoms with Gasteiger partial charge in [-0.2, -0.15) is 9.35 Å². The maximum absolute atomic E-state index is 13.9. The van der Waals surface area contributed by atoms with E-state index in [0.29, 0.717) is 34.4 Å². The van der Waals surface area contributed by atoms with Crippen LogP contribution in [0, 0.1) is 19.7 Å². The van der Waals surface area contributed by atoms with E-state index in [-0.39, 0.29) is 5.75 Å². The van der Waals surface area contributed by atoms with Crippen LogP contribution in [0.3, 0.4) is 0 Å². The predicted molar refractivity (Wildman–Crippen MR) is 111 cm³/mol. The fourth-order valence-corrected chi connectivity index (χ4v) is 3.17. The number of rotatable bonds is 6. The van der Waals surface area contributed by atoms with E-state index < -0.39 is 11.9 Å². The van der Waals surface area contributed by atoms with Crippen molar-refractivity contribution < 1.29 is 13.7 Å². The Bertz CT molecular complexity index is 1250. The average Bonchev–Trinajstić information content (AvgIpc) is 3.16. The molecular weight excluding hydrogens is 407 g/mol. The second-order valence-corrected chi connectivity index (χ2v) is 6.86. The van der Waals surface area contributed by atoms with Gasteiger partial charge in [0.1, 0.15) is 23.7 Å². The van der Waals surface area contributed by atoms with Gasteiger partial charge in [0, 0.05) is 23.9 Å². The summed E-state index contributed by atoms with van der Waals surface area (Å²) in [7, 11) is 0. The van der Waals surface area contributed by atoms with E-state index in [1.54, 1.807) is 26.0 Å². The molecule has 0 spiro atoms. The van der Waals surface area contributed by atoms with Crippen LogP contribution >= 0.6 is 0 Å². The number of aryl methyl sites for hydroxylation is 2. The lowest BCUT2D eigenvalue weighted by atomic mass is 10.1. The summed E-state index contributed by atoms with van der Waals surface area (Å²) >= 11 is 4.79. The standard InChI is InChI=1S/C20H17FN6O2S/c1-10-6-14(27-30)8-16-18(10)19(23-9-22-16)25-15-5-4-13(21)7-17(15)28-11(2)20-24-12(3)26-29-20/h4-9,11H,1-3H3,(H,22,23,25). The van der Waals surface area contributed by atoms with E-state index in [1.807, 2.05) is 13.0 Å². The first kappa shape index (κ1) is 19.8. The molecule has 1 atom stereocenters. The summed E-state index contributed by atoms with van der Waals surface area (Å²) in [5.74, 6) is 1.17. The molecule has 0 bridgehead atoms. The highest BCUT2D eigenvalue weighted by atomic mass is 32.1. The lowest BCUT2D eigenvalue weighted by Crippen LogP contribution is -2.06. The normalized spacial score (nSPS) is 12.0. The number of aromatic nitrogens is 4. The number of fused-ring (bicyclic) bond motifs is 1. The first-order chi connectivity index (χ1) is 14.4. The Kier molecular flexibility index (Phi) is 5.32. The second kappa shape index (κ2) is 8.07. The number of ether oxygens (including phenoxy) is 1. The van der Waals surface area contributed by atoms with E-state index >= 15 is 0 Å². The molecule has 1 unspecified atom stereocenters. The molecule has 2 aromatic heterocycles. The fourth-order valence-electron chi connectivity index (χ4n) is 3.06. The summed E-state index contributed by atoms with van der Waals surface area (Å²) in [6.45, 7) is 5.37. The molecular formula is C20H17FN6O2S. The molecule has 2 aromatic carbocycles. The monoisotopic (exact) mass is 424 g/mol. The number of nitrogens with zero attached hydrogens (tertiary/aromatic N) is 5. The van der Waals surface area contributed by atoms with Crippen molar-refractivity contribution in [1.82, 2.24) is 20.1 Å². The zero-order valence-electron chi connectivity index (χ0n) is 16.4. The topological polar surface area (TPSA) is 98.3 Å². The number of halogens is 1. The van der Waals surface area contributed by atoms with Crippen LogP contribution in [0.15, 0.2) is 45.5 Å². The van der Waals surface area contributed by atoms with E-state index in [0.717, 1.165) is 10.9 Å². The summed E-state index contributed by atoms with van der Waals surface area (Å²) < 4.78 is 28.8. The highest BCUT2D eigenvalue weighted by Crippen LogP contribution is 2.35. The van der Waals surface area contributed by atoms with Crippen molar-refractivity contribution in [1.29, 1.82) is 0 Å². The van der Waals surface area contributed by atoms with Gasteiger partial charge in [-0.25, -0.2) is 14.4 Å². The third-order valence-corrected chi connectivity index (χ3v) is 4.63. The largest absolute Gasteiger partial charge is 0.479 e. The van der Waals surface area contributed by atoms with Gasteiger partial charge in [0.15, 0.2) is 11.9 Å². The SMILES string of the molecule is Cc1noc(C(C)Oc2cc(F)ccc2Nc2ncnc3cc(N=S)cc(C)c23)n1. The van der Waals surface area contributed by atoms with Gasteiger partial charge in [-0.05, 0) is 50.6 Å². The minimum atomic E-state index is -0.575. The molecule has 4 rings (SSSR count). The fraction of sp³-hybridized carbons (Fsp3) is 0.200. The molecule has 30 heavy (non-hydrogen) atoms. The molecule has 0 aliphatic heterocycles. The van der Waals surface area contributed by atoms with Crippen LogP contribution in [-0.4, -0.2) is 20.1 Å². The van der Waals surface area contributed by atoms with Gasteiger partial charge in [-0.15, -0.1) is 0 Å². The van der Waals surface area contributed by atoms with Gasteiger partial charge >= 0.3 is 0 Å². The first-order valence-electron chi connectivity index (χ1n) is 9.06. The third kappa shape index (κ3) is 3.94. The van der Waals surface area contributed by atoms with E-state index in [9.17, 15) is 4.39 Å². The van der Waals surface area contributed by atoms with Gasteiger partial charge < -0.3 is 14.6 Å². The Balaban J connectivity index is 1.71. The highest BCUT2D eigenvalue weighted by molar-refractivity contribution is 7.47. The van der Waals surface area contributed by atoms with Crippen molar-refractivity contribution >= 4 is 40.5 Å². The number of hydrogen-bond acceptors (Lipinski definition) is 9. The molecule has 152 valence electrons. The number of benzene rings is 2. The van der Waals surface area contributed by atoms with Crippen molar-refractivity contribution in [2.24, 2.45) is 4.36 Å². The number of hydrogen-bond donors (Lipinski definition) is 1.